The number of carbonyl (C=O) groups is 1. The molecule has 0 saturated carbocycles. The van der Waals surface area contributed by atoms with E-state index in [1.165, 1.54) is 6.07 Å². The lowest BCUT2D eigenvalue weighted by molar-refractivity contribution is -0.385. The van der Waals surface area contributed by atoms with Crippen LogP contribution < -0.4 is 4.74 Å². The molecular formula is C18H18N2O5. The van der Waals surface area contributed by atoms with E-state index in [1.54, 1.807) is 12.0 Å². The van der Waals surface area contributed by atoms with E-state index in [4.69, 9.17) is 4.74 Å². The van der Waals surface area contributed by atoms with Crippen LogP contribution >= 0.6 is 0 Å². The molecule has 7 nitrogen and oxygen atoms in total. The number of nitro benzene ring substituents is 1. The fourth-order valence-corrected chi connectivity index (χ4v) is 3.09. The highest BCUT2D eigenvalue weighted by Crippen LogP contribution is 2.31. The van der Waals surface area contributed by atoms with Crippen molar-refractivity contribution < 1.29 is 19.6 Å². The van der Waals surface area contributed by atoms with Crippen LogP contribution in [0.4, 0.5) is 5.69 Å². The first-order valence-corrected chi connectivity index (χ1v) is 7.90. The molecule has 1 aliphatic heterocycles. The van der Waals surface area contributed by atoms with E-state index in [0.29, 0.717) is 13.1 Å². The second-order valence-electron chi connectivity index (χ2n) is 5.97. The number of likely N-dealkylation sites (tertiary alicyclic amines) is 1. The Hall–Kier alpha value is -3.09. The lowest BCUT2D eigenvalue weighted by Crippen LogP contribution is -2.28. The van der Waals surface area contributed by atoms with Crippen molar-refractivity contribution in [2.45, 2.75) is 12.3 Å². The number of phenols is 1. The summed E-state index contributed by atoms with van der Waals surface area (Å²) in [7, 11) is 1.62. The number of carbonyl (C=O) groups excluding carboxylic acids is 1. The Balaban J connectivity index is 1.71. The lowest BCUT2D eigenvalue weighted by atomic mass is 9.98. The fourth-order valence-electron chi connectivity index (χ4n) is 3.09. The SMILES string of the molecule is COc1ccc(C2CCN(C(=O)c3ccc([N+](=O)[O-])c(O)c3)C2)cc1. The molecule has 1 heterocycles. The minimum absolute atomic E-state index is 0.235. The molecule has 3 rings (SSSR count). The van der Waals surface area contributed by atoms with Crippen molar-refractivity contribution in [3.8, 4) is 11.5 Å². The number of ether oxygens (including phenoxy) is 1. The van der Waals surface area contributed by atoms with Crippen LogP contribution in [-0.2, 0) is 0 Å². The van der Waals surface area contributed by atoms with Gasteiger partial charge in [-0.15, -0.1) is 0 Å². The minimum Gasteiger partial charge on any atom is -0.502 e. The number of amides is 1. The molecule has 0 bridgehead atoms. The molecule has 2 aromatic rings. The highest BCUT2D eigenvalue weighted by Gasteiger charge is 2.28. The Morgan fingerprint density at radius 3 is 2.60 bits per heavy atom. The summed E-state index contributed by atoms with van der Waals surface area (Å²) in [5.74, 6) is 0.292. The Morgan fingerprint density at radius 1 is 1.28 bits per heavy atom. The van der Waals surface area contributed by atoms with Gasteiger partial charge in [0.2, 0.25) is 0 Å². The molecule has 25 heavy (non-hydrogen) atoms. The maximum atomic E-state index is 12.6. The first-order valence-electron chi connectivity index (χ1n) is 7.90. The van der Waals surface area contributed by atoms with Crippen LogP contribution in [0.15, 0.2) is 42.5 Å². The van der Waals surface area contributed by atoms with E-state index in [-0.39, 0.29) is 17.4 Å². The number of aromatic hydroxyl groups is 1. The predicted molar refractivity (Wildman–Crippen MR) is 91.0 cm³/mol. The summed E-state index contributed by atoms with van der Waals surface area (Å²) >= 11 is 0. The van der Waals surface area contributed by atoms with Crippen molar-refractivity contribution in [3.05, 3.63) is 63.7 Å². The number of nitrogens with zero attached hydrogens (tertiary/aromatic N) is 2. The van der Waals surface area contributed by atoms with E-state index >= 15 is 0 Å². The normalized spacial score (nSPS) is 16.7. The van der Waals surface area contributed by atoms with E-state index in [1.807, 2.05) is 24.3 Å². The molecule has 1 atom stereocenters. The Labute approximate surface area is 144 Å². The minimum atomic E-state index is -0.681. The molecule has 1 amide bonds. The maximum absolute atomic E-state index is 12.6. The molecule has 7 heteroatoms. The average molecular weight is 342 g/mol. The molecule has 1 N–H and O–H groups in total. The van der Waals surface area contributed by atoms with Crippen molar-refractivity contribution in [1.29, 1.82) is 0 Å². The van der Waals surface area contributed by atoms with Crippen molar-refractivity contribution in [2.24, 2.45) is 0 Å². The third kappa shape index (κ3) is 3.40. The van der Waals surface area contributed by atoms with Gasteiger partial charge < -0.3 is 14.7 Å². The van der Waals surface area contributed by atoms with Crippen molar-refractivity contribution in [3.63, 3.8) is 0 Å². The zero-order valence-electron chi connectivity index (χ0n) is 13.7. The van der Waals surface area contributed by atoms with E-state index in [0.717, 1.165) is 29.9 Å². The molecule has 1 unspecified atom stereocenters. The molecule has 130 valence electrons. The van der Waals surface area contributed by atoms with E-state index in [9.17, 15) is 20.0 Å². The molecule has 0 radical (unpaired) electrons. The molecule has 1 fully saturated rings. The summed E-state index contributed by atoms with van der Waals surface area (Å²) < 4.78 is 5.15. The number of phenolic OH excluding ortho intramolecular Hbond substituents is 1. The number of methoxy groups -OCH3 is 1. The number of benzene rings is 2. The van der Waals surface area contributed by atoms with Crippen LogP contribution in [0.3, 0.4) is 0 Å². The second-order valence-corrected chi connectivity index (χ2v) is 5.97. The summed E-state index contributed by atoms with van der Waals surface area (Å²) in [6, 6.07) is 11.5. The van der Waals surface area contributed by atoms with Crippen LogP contribution in [0, 0.1) is 10.1 Å². The largest absolute Gasteiger partial charge is 0.502 e. The van der Waals surface area contributed by atoms with Crippen LogP contribution in [-0.4, -0.2) is 41.0 Å². The van der Waals surface area contributed by atoms with Gasteiger partial charge in [-0.3, -0.25) is 14.9 Å². The van der Waals surface area contributed by atoms with Gasteiger partial charge in [-0.05, 0) is 36.2 Å². The zero-order valence-corrected chi connectivity index (χ0v) is 13.7. The number of rotatable bonds is 4. The quantitative estimate of drug-likeness (QED) is 0.681. The van der Waals surface area contributed by atoms with Gasteiger partial charge in [0.1, 0.15) is 5.75 Å². The van der Waals surface area contributed by atoms with Crippen LogP contribution in [0.2, 0.25) is 0 Å². The predicted octanol–water partition coefficient (Wildman–Crippen LogP) is 2.94. The Bertz CT molecular complexity index is 804. The monoisotopic (exact) mass is 342 g/mol. The third-order valence-electron chi connectivity index (χ3n) is 4.48. The number of hydrogen-bond acceptors (Lipinski definition) is 5. The molecule has 1 aliphatic rings. The smallest absolute Gasteiger partial charge is 0.310 e. The highest BCUT2D eigenvalue weighted by atomic mass is 16.6. The summed E-state index contributed by atoms with van der Waals surface area (Å²) in [6.45, 7) is 1.18. The number of nitro groups is 1. The van der Waals surface area contributed by atoms with Crippen molar-refractivity contribution >= 4 is 11.6 Å². The molecule has 0 aliphatic carbocycles. The molecule has 0 aromatic heterocycles. The van der Waals surface area contributed by atoms with Crippen LogP contribution in [0.5, 0.6) is 11.5 Å². The lowest BCUT2D eigenvalue weighted by Gasteiger charge is -2.17. The second kappa shape index (κ2) is 6.80. The van der Waals surface area contributed by atoms with Gasteiger partial charge in [-0.25, -0.2) is 0 Å². The molecule has 2 aromatic carbocycles. The molecular weight excluding hydrogens is 324 g/mol. The van der Waals surface area contributed by atoms with Crippen molar-refractivity contribution in [2.75, 3.05) is 20.2 Å². The molecule has 1 saturated heterocycles. The first kappa shape index (κ1) is 16.8. The molecule has 0 spiro atoms. The Kier molecular flexibility index (Phi) is 4.56. The van der Waals surface area contributed by atoms with Crippen molar-refractivity contribution in [1.82, 2.24) is 4.90 Å². The van der Waals surface area contributed by atoms with E-state index in [2.05, 4.69) is 0 Å². The Morgan fingerprint density at radius 2 is 2.00 bits per heavy atom. The fraction of sp³-hybridized carbons (Fsp3) is 0.278. The summed E-state index contributed by atoms with van der Waals surface area (Å²) in [6.07, 6.45) is 0.844. The van der Waals surface area contributed by atoms with Gasteiger partial charge in [-0.1, -0.05) is 12.1 Å². The first-order chi connectivity index (χ1) is 12.0. The zero-order chi connectivity index (χ0) is 18.0. The van der Waals surface area contributed by atoms with Gasteiger partial charge in [0.05, 0.1) is 12.0 Å². The highest BCUT2D eigenvalue weighted by molar-refractivity contribution is 5.95. The van der Waals surface area contributed by atoms with Gasteiger partial charge in [-0.2, -0.15) is 0 Å². The van der Waals surface area contributed by atoms with Gasteiger partial charge in [0, 0.05) is 30.6 Å². The summed E-state index contributed by atoms with van der Waals surface area (Å²) in [5, 5.41) is 20.5. The topological polar surface area (TPSA) is 92.9 Å². The standard InChI is InChI=1S/C18H18N2O5/c1-25-15-5-2-12(3-6-15)14-8-9-19(11-14)18(22)13-4-7-16(20(23)24)17(21)10-13/h2-7,10,14,21H,8-9,11H2,1H3. The van der Waals surface area contributed by atoms with Gasteiger partial charge in [0.25, 0.3) is 5.91 Å². The summed E-state index contributed by atoms with van der Waals surface area (Å²) in [4.78, 5) is 24.4. The average Bonchev–Trinajstić information content (AvgIpc) is 3.10. The van der Waals surface area contributed by atoms with Crippen LogP contribution in [0.1, 0.15) is 28.3 Å². The summed E-state index contributed by atoms with van der Waals surface area (Å²) in [5.41, 5.74) is 0.982. The third-order valence-corrected chi connectivity index (χ3v) is 4.48. The van der Waals surface area contributed by atoms with Gasteiger partial charge >= 0.3 is 5.69 Å². The van der Waals surface area contributed by atoms with E-state index < -0.39 is 16.4 Å². The van der Waals surface area contributed by atoms with Crippen LogP contribution in [0.25, 0.3) is 0 Å². The van der Waals surface area contributed by atoms with Gasteiger partial charge in [0.15, 0.2) is 5.75 Å². The number of hydrogen-bond donors (Lipinski definition) is 1. The maximum Gasteiger partial charge on any atom is 0.310 e.